The summed E-state index contributed by atoms with van der Waals surface area (Å²) in [7, 11) is 1.50. The maximum atomic E-state index is 12.4. The van der Waals surface area contributed by atoms with Crippen LogP contribution in [0.25, 0.3) is 0 Å². The quantitative estimate of drug-likeness (QED) is 0.561. The lowest BCUT2D eigenvalue weighted by atomic mass is 10.1. The van der Waals surface area contributed by atoms with E-state index in [0.29, 0.717) is 17.7 Å². The first-order valence-corrected chi connectivity index (χ1v) is 7.06. The first-order chi connectivity index (χ1) is 11.0. The average Bonchev–Trinajstić information content (AvgIpc) is 2.56. The number of amides is 3. The second-order valence-corrected chi connectivity index (χ2v) is 4.79. The van der Waals surface area contributed by atoms with Crippen molar-refractivity contribution in [3.8, 4) is 0 Å². The van der Waals surface area contributed by atoms with Crippen molar-refractivity contribution >= 4 is 17.7 Å². The van der Waals surface area contributed by atoms with Crippen LogP contribution in [0.1, 0.15) is 22.3 Å². The number of ether oxygens (including phenoxy) is 1. The fraction of sp³-hybridized carbons (Fsp3) is 0.312. The van der Waals surface area contributed by atoms with Gasteiger partial charge < -0.3 is 21.1 Å². The third kappa shape index (κ3) is 5.91. The van der Waals surface area contributed by atoms with Crippen LogP contribution >= 0.6 is 0 Å². The molecule has 23 heavy (non-hydrogen) atoms. The van der Waals surface area contributed by atoms with Crippen LogP contribution in [0.2, 0.25) is 0 Å². The maximum Gasteiger partial charge on any atom is 0.252 e. The molecule has 0 heterocycles. The number of hydrogen-bond donors (Lipinski definition) is 3. The third-order valence-corrected chi connectivity index (χ3v) is 3.16. The van der Waals surface area contributed by atoms with Crippen molar-refractivity contribution < 1.29 is 19.1 Å². The highest BCUT2D eigenvalue weighted by molar-refractivity contribution is 5.98. The van der Waals surface area contributed by atoms with Crippen LogP contribution in [0.3, 0.4) is 0 Å². The van der Waals surface area contributed by atoms with Crippen molar-refractivity contribution in [1.29, 1.82) is 0 Å². The van der Waals surface area contributed by atoms with Crippen LogP contribution in [0.15, 0.2) is 36.9 Å². The monoisotopic (exact) mass is 319 g/mol. The van der Waals surface area contributed by atoms with Crippen molar-refractivity contribution in [2.75, 3.05) is 13.7 Å². The molecule has 0 fully saturated rings. The van der Waals surface area contributed by atoms with E-state index in [4.69, 9.17) is 10.5 Å². The smallest absolute Gasteiger partial charge is 0.252 e. The molecule has 1 aromatic rings. The minimum atomic E-state index is -0.821. The summed E-state index contributed by atoms with van der Waals surface area (Å²) in [5, 5.41) is 5.19. The zero-order chi connectivity index (χ0) is 17.2. The zero-order valence-electron chi connectivity index (χ0n) is 13.0. The van der Waals surface area contributed by atoms with Gasteiger partial charge in [0.15, 0.2) is 0 Å². The molecule has 124 valence electrons. The Labute approximate surface area is 134 Å². The van der Waals surface area contributed by atoms with E-state index >= 15 is 0 Å². The topological polar surface area (TPSA) is 111 Å². The molecule has 1 atom stereocenters. The minimum Gasteiger partial charge on any atom is -0.385 e. The Morgan fingerprint density at radius 2 is 2.04 bits per heavy atom. The second-order valence-electron chi connectivity index (χ2n) is 4.79. The van der Waals surface area contributed by atoms with E-state index in [1.165, 1.54) is 7.11 Å². The molecule has 0 bridgehead atoms. The predicted octanol–water partition coefficient (Wildman–Crippen LogP) is 0.109. The number of benzene rings is 1. The Morgan fingerprint density at radius 1 is 1.35 bits per heavy atom. The summed E-state index contributed by atoms with van der Waals surface area (Å²) in [6.07, 6.45) is 1.43. The molecule has 1 aromatic carbocycles. The molecule has 1 rings (SSSR count). The summed E-state index contributed by atoms with van der Waals surface area (Å²) in [5.41, 5.74) is 6.26. The summed E-state index contributed by atoms with van der Waals surface area (Å²) in [4.78, 5) is 35.0. The molecule has 0 aliphatic rings. The summed E-state index contributed by atoms with van der Waals surface area (Å²) in [6.45, 7) is 3.83. The highest BCUT2D eigenvalue weighted by Gasteiger charge is 2.20. The van der Waals surface area contributed by atoms with Gasteiger partial charge in [-0.3, -0.25) is 14.4 Å². The van der Waals surface area contributed by atoms with Crippen LogP contribution in [0, 0.1) is 0 Å². The van der Waals surface area contributed by atoms with E-state index < -0.39 is 17.9 Å². The first kappa shape index (κ1) is 18.4. The Bertz CT molecular complexity index is 586. The number of hydrogen-bond acceptors (Lipinski definition) is 4. The highest BCUT2D eigenvalue weighted by atomic mass is 16.5. The molecule has 4 N–H and O–H groups in total. The number of methoxy groups -OCH3 is 1. The van der Waals surface area contributed by atoms with Crippen LogP contribution in [0.5, 0.6) is 0 Å². The molecular weight excluding hydrogens is 298 g/mol. The van der Waals surface area contributed by atoms with Gasteiger partial charge in [-0.05, 0) is 24.1 Å². The summed E-state index contributed by atoms with van der Waals surface area (Å²) in [5.74, 6) is -1.41. The van der Waals surface area contributed by atoms with E-state index in [1.807, 2.05) is 0 Å². The van der Waals surface area contributed by atoms with E-state index in [0.717, 1.165) is 6.08 Å². The van der Waals surface area contributed by atoms with Crippen molar-refractivity contribution in [3.05, 3.63) is 48.0 Å². The first-order valence-electron chi connectivity index (χ1n) is 7.06. The van der Waals surface area contributed by atoms with Gasteiger partial charge in [-0.15, -0.1) is 0 Å². The number of rotatable bonds is 9. The number of primary amides is 1. The van der Waals surface area contributed by atoms with Crippen LogP contribution < -0.4 is 16.4 Å². The van der Waals surface area contributed by atoms with Crippen molar-refractivity contribution in [3.63, 3.8) is 0 Å². The second kappa shape index (κ2) is 9.37. The Morgan fingerprint density at radius 3 is 2.65 bits per heavy atom. The number of nitrogens with one attached hydrogen (secondary N) is 2. The number of carbonyl (C=O) groups is 3. The normalized spacial score (nSPS) is 11.3. The van der Waals surface area contributed by atoms with E-state index in [-0.39, 0.29) is 18.9 Å². The Balaban J connectivity index is 2.83. The Hall–Kier alpha value is -2.67. The van der Waals surface area contributed by atoms with E-state index in [1.54, 1.807) is 24.3 Å². The fourth-order valence-electron chi connectivity index (χ4n) is 1.91. The summed E-state index contributed by atoms with van der Waals surface area (Å²) >= 11 is 0. The van der Waals surface area contributed by atoms with Gasteiger partial charge in [0.05, 0.1) is 0 Å². The molecule has 0 spiro atoms. The summed E-state index contributed by atoms with van der Waals surface area (Å²) in [6, 6.07) is 5.95. The molecule has 3 amide bonds. The lowest BCUT2D eigenvalue weighted by Gasteiger charge is -2.16. The standard InChI is InChI=1S/C16H21N3O4/c1-3-14(20)18-10-11-6-4-5-7-12(11)16(22)19-13(15(17)21)8-9-23-2/h3-7,13H,1,8-10H2,2H3,(H2,17,21)(H,18,20)(H,19,22). The van der Waals surface area contributed by atoms with Crippen LogP contribution in [0.4, 0.5) is 0 Å². The highest BCUT2D eigenvalue weighted by Crippen LogP contribution is 2.09. The zero-order valence-corrected chi connectivity index (χ0v) is 13.0. The number of nitrogens with two attached hydrogens (primary N) is 1. The van der Waals surface area contributed by atoms with Crippen LogP contribution in [-0.4, -0.2) is 37.5 Å². The lowest BCUT2D eigenvalue weighted by molar-refractivity contribution is -0.120. The fourth-order valence-corrected chi connectivity index (χ4v) is 1.91. The predicted molar refractivity (Wildman–Crippen MR) is 85.4 cm³/mol. The van der Waals surface area contributed by atoms with E-state index in [2.05, 4.69) is 17.2 Å². The third-order valence-electron chi connectivity index (χ3n) is 3.16. The van der Waals surface area contributed by atoms with Gasteiger partial charge in [0.25, 0.3) is 5.91 Å². The average molecular weight is 319 g/mol. The van der Waals surface area contributed by atoms with Crippen molar-refractivity contribution in [1.82, 2.24) is 10.6 Å². The van der Waals surface area contributed by atoms with Gasteiger partial charge >= 0.3 is 0 Å². The SMILES string of the molecule is C=CC(=O)NCc1ccccc1C(=O)NC(CCOC)C(N)=O. The van der Waals surface area contributed by atoms with Gasteiger partial charge in [-0.2, -0.15) is 0 Å². The molecular formula is C16H21N3O4. The van der Waals surface area contributed by atoms with Gasteiger partial charge in [0, 0.05) is 25.8 Å². The van der Waals surface area contributed by atoms with E-state index in [9.17, 15) is 14.4 Å². The molecule has 0 saturated heterocycles. The number of carbonyl (C=O) groups excluding carboxylic acids is 3. The van der Waals surface area contributed by atoms with Gasteiger partial charge in [-0.1, -0.05) is 24.8 Å². The van der Waals surface area contributed by atoms with Crippen molar-refractivity contribution in [2.45, 2.75) is 19.0 Å². The van der Waals surface area contributed by atoms with Gasteiger partial charge in [0.2, 0.25) is 11.8 Å². The van der Waals surface area contributed by atoms with Crippen molar-refractivity contribution in [2.24, 2.45) is 5.73 Å². The molecule has 0 radical (unpaired) electrons. The minimum absolute atomic E-state index is 0.174. The molecule has 1 unspecified atom stereocenters. The largest absolute Gasteiger partial charge is 0.385 e. The maximum absolute atomic E-state index is 12.4. The van der Waals surface area contributed by atoms with Gasteiger partial charge in [0.1, 0.15) is 6.04 Å². The molecule has 0 aliphatic heterocycles. The molecule has 0 saturated carbocycles. The molecule has 7 nitrogen and oxygen atoms in total. The molecule has 0 aliphatic carbocycles. The van der Waals surface area contributed by atoms with Crippen LogP contribution in [-0.2, 0) is 20.9 Å². The van der Waals surface area contributed by atoms with Gasteiger partial charge in [-0.25, -0.2) is 0 Å². The lowest BCUT2D eigenvalue weighted by Crippen LogP contribution is -2.45. The molecule has 0 aromatic heterocycles. The Kier molecular flexibility index (Phi) is 7.49. The molecule has 7 heteroatoms. The summed E-state index contributed by atoms with van der Waals surface area (Å²) < 4.78 is 4.89.